The van der Waals surface area contributed by atoms with Gasteiger partial charge in [0.1, 0.15) is 5.52 Å². The molecular formula is C16H24BrN3O. The molecular weight excluding hydrogens is 330 g/mol. The third-order valence-electron chi connectivity index (χ3n) is 4.08. The van der Waals surface area contributed by atoms with Gasteiger partial charge in [-0.05, 0) is 31.2 Å². The molecule has 0 saturated heterocycles. The molecule has 0 aliphatic heterocycles. The summed E-state index contributed by atoms with van der Waals surface area (Å²) in [6.07, 6.45) is 8.26. The molecule has 2 aromatic heterocycles. The number of rotatable bonds is 7. The van der Waals surface area contributed by atoms with Gasteiger partial charge in [-0.25, -0.2) is 4.52 Å². The number of aromatic nitrogens is 3. The maximum atomic E-state index is 12.6. The second kappa shape index (κ2) is 6.77. The van der Waals surface area contributed by atoms with Crippen LogP contribution in [0.3, 0.4) is 0 Å². The molecule has 0 aliphatic rings. The molecule has 0 saturated carbocycles. The van der Waals surface area contributed by atoms with E-state index in [-0.39, 0.29) is 11.0 Å². The summed E-state index contributed by atoms with van der Waals surface area (Å²) in [6, 6.07) is 1.86. The molecule has 5 heteroatoms. The zero-order chi connectivity index (χ0) is 15.5. The van der Waals surface area contributed by atoms with Crippen molar-refractivity contribution < 1.29 is 0 Å². The highest BCUT2D eigenvalue weighted by Gasteiger charge is 2.28. The summed E-state index contributed by atoms with van der Waals surface area (Å²) in [5.74, 6) is 0. The maximum Gasteiger partial charge on any atom is 0.276 e. The molecule has 0 fully saturated rings. The van der Waals surface area contributed by atoms with Gasteiger partial charge in [-0.1, -0.05) is 42.6 Å². The van der Waals surface area contributed by atoms with Crippen molar-refractivity contribution in [1.82, 2.24) is 14.2 Å². The van der Waals surface area contributed by atoms with E-state index in [1.165, 1.54) is 0 Å². The topological polar surface area (TPSA) is 39.3 Å². The SMILES string of the molecule is CCCC(CBr)(CCC)Cn1ccn2nc(C)cc2c1=O. The number of halogens is 1. The zero-order valence-electron chi connectivity index (χ0n) is 13.1. The second-order valence-corrected chi connectivity index (χ2v) is 6.54. The lowest BCUT2D eigenvalue weighted by molar-refractivity contribution is 0.230. The average molecular weight is 354 g/mol. The number of hydrogen-bond acceptors (Lipinski definition) is 2. The highest BCUT2D eigenvalue weighted by molar-refractivity contribution is 9.09. The van der Waals surface area contributed by atoms with Crippen LogP contribution in [0.15, 0.2) is 23.3 Å². The van der Waals surface area contributed by atoms with Gasteiger partial charge in [0.15, 0.2) is 0 Å². The van der Waals surface area contributed by atoms with E-state index in [4.69, 9.17) is 0 Å². The Morgan fingerprint density at radius 3 is 2.48 bits per heavy atom. The van der Waals surface area contributed by atoms with Gasteiger partial charge in [0.2, 0.25) is 0 Å². The second-order valence-electron chi connectivity index (χ2n) is 5.98. The minimum absolute atomic E-state index is 0.0515. The number of alkyl halides is 1. The highest BCUT2D eigenvalue weighted by atomic mass is 79.9. The van der Waals surface area contributed by atoms with E-state index in [2.05, 4.69) is 34.9 Å². The monoisotopic (exact) mass is 353 g/mol. The van der Waals surface area contributed by atoms with Crippen molar-refractivity contribution in [1.29, 1.82) is 0 Å². The van der Waals surface area contributed by atoms with Crippen molar-refractivity contribution in [2.24, 2.45) is 5.41 Å². The Morgan fingerprint density at radius 1 is 1.24 bits per heavy atom. The lowest BCUT2D eigenvalue weighted by atomic mass is 9.81. The van der Waals surface area contributed by atoms with Gasteiger partial charge >= 0.3 is 0 Å². The van der Waals surface area contributed by atoms with Crippen molar-refractivity contribution in [2.45, 2.75) is 53.0 Å². The van der Waals surface area contributed by atoms with Crippen LogP contribution >= 0.6 is 15.9 Å². The molecule has 0 radical (unpaired) electrons. The molecule has 116 valence electrons. The Bertz CT molecular complexity index is 653. The summed E-state index contributed by atoms with van der Waals surface area (Å²) in [5.41, 5.74) is 1.74. The van der Waals surface area contributed by atoms with Crippen molar-refractivity contribution >= 4 is 21.4 Å². The minimum atomic E-state index is 0.0515. The van der Waals surface area contributed by atoms with Crippen molar-refractivity contribution in [3.8, 4) is 0 Å². The molecule has 21 heavy (non-hydrogen) atoms. The standard InChI is InChI=1S/C16H24BrN3O/c1-4-6-16(11-17,7-5-2)12-19-8-9-20-14(15(19)21)10-13(3)18-20/h8-10H,4-7,11-12H2,1-3H3. The first-order chi connectivity index (χ1) is 10.0. The van der Waals surface area contributed by atoms with Crippen LogP contribution in [0.4, 0.5) is 0 Å². The molecule has 0 bridgehead atoms. The van der Waals surface area contributed by atoms with Gasteiger partial charge in [0.05, 0.1) is 5.69 Å². The Labute approximate surface area is 134 Å². The average Bonchev–Trinajstić information content (AvgIpc) is 2.84. The fourth-order valence-corrected chi connectivity index (χ4v) is 3.89. The fraction of sp³-hybridized carbons (Fsp3) is 0.625. The van der Waals surface area contributed by atoms with Crippen LogP contribution in [0.5, 0.6) is 0 Å². The summed E-state index contributed by atoms with van der Waals surface area (Å²) in [6.45, 7) is 7.09. The molecule has 0 N–H and O–H groups in total. The van der Waals surface area contributed by atoms with Gasteiger partial charge in [-0.15, -0.1) is 0 Å². The van der Waals surface area contributed by atoms with E-state index in [0.717, 1.165) is 43.3 Å². The van der Waals surface area contributed by atoms with Crippen LogP contribution in [-0.4, -0.2) is 19.5 Å². The van der Waals surface area contributed by atoms with Crippen LogP contribution in [0, 0.1) is 12.3 Å². The molecule has 4 nitrogen and oxygen atoms in total. The Hall–Kier alpha value is -1.10. The molecule has 0 atom stereocenters. The van der Waals surface area contributed by atoms with Gasteiger partial charge in [0.25, 0.3) is 5.56 Å². The maximum absolute atomic E-state index is 12.6. The Kier molecular flexibility index (Phi) is 5.25. The van der Waals surface area contributed by atoms with Crippen LogP contribution in [-0.2, 0) is 6.54 Å². The molecule has 2 aromatic rings. The fourth-order valence-electron chi connectivity index (χ4n) is 3.15. The van der Waals surface area contributed by atoms with Crippen LogP contribution in [0.2, 0.25) is 0 Å². The van der Waals surface area contributed by atoms with E-state index >= 15 is 0 Å². The lowest BCUT2D eigenvalue weighted by Gasteiger charge is -2.32. The van der Waals surface area contributed by atoms with E-state index < -0.39 is 0 Å². The van der Waals surface area contributed by atoms with Crippen LogP contribution < -0.4 is 5.56 Å². The summed E-state index contributed by atoms with van der Waals surface area (Å²) in [7, 11) is 0. The van der Waals surface area contributed by atoms with E-state index in [0.29, 0.717) is 5.52 Å². The molecule has 0 aromatic carbocycles. The van der Waals surface area contributed by atoms with Crippen molar-refractivity contribution in [3.63, 3.8) is 0 Å². The van der Waals surface area contributed by atoms with Gasteiger partial charge in [0, 0.05) is 24.3 Å². The summed E-state index contributed by atoms with van der Waals surface area (Å²) in [5, 5.41) is 5.23. The zero-order valence-corrected chi connectivity index (χ0v) is 14.7. The first-order valence-electron chi connectivity index (χ1n) is 7.66. The summed E-state index contributed by atoms with van der Waals surface area (Å²) in [4.78, 5) is 12.6. The van der Waals surface area contributed by atoms with Crippen molar-refractivity contribution in [3.05, 3.63) is 34.5 Å². The normalized spacial score (nSPS) is 12.2. The first-order valence-corrected chi connectivity index (χ1v) is 8.79. The number of fused-ring (bicyclic) bond motifs is 1. The smallest absolute Gasteiger partial charge is 0.276 e. The molecule has 0 unspecified atom stereocenters. The molecule has 0 spiro atoms. The molecule has 0 amide bonds. The van der Waals surface area contributed by atoms with Gasteiger partial charge < -0.3 is 4.57 Å². The quantitative estimate of drug-likeness (QED) is 0.710. The molecule has 2 rings (SSSR count). The summed E-state index contributed by atoms with van der Waals surface area (Å²) < 4.78 is 3.52. The minimum Gasteiger partial charge on any atom is -0.312 e. The third-order valence-corrected chi connectivity index (χ3v) is 5.27. The van der Waals surface area contributed by atoms with Crippen molar-refractivity contribution in [2.75, 3.05) is 5.33 Å². The van der Waals surface area contributed by atoms with Gasteiger partial charge in [-0.3, -0.25) is 4.79 Å². The Morgan fingerprint density at radius 2 is 1.90 bits per heavy atom. The predicted molar refractivity (Wildman–Crippen MR) is 90.2 cm³/mol. The number of hydrogen-bond donors (Lipinski definition) is 0. The van der Waals surface area contributed by atoms with E-state index in [9.17, 15) is 4.79 Å². The third kappa shape index (κ3) is 3.39. The van der Waals surface area contributed by atoms with Crippen LogP contribution in [0.25, 0.3) is 5.52 Å². The van der Waals surface area contributed by atoms with Crippen LogP contribution in [0.1, 0.15) is 45.2 Å². The van der Waals surface area contributed by atoms with E-state index in [1.54, 1.807) is 4.52 Å². The molecule has 2 heterocycles. The lowest BCUT2D eigenvalue weighted by Crippen LogP contribution is -2.34. The molecule has 0 aliphatic carbocycles. The largest absolute Gasteiger partial charge is 0.312 e. The first kappa shape index (κ1) is 16.3. The predicted octanol–water partition coefficient (Wildman–Crippen LogP) is 3.79. The van der Waals surface area contributed by atoms with Gasteiger partial charge in [-0.2, -0.15) is 5.10 Å². The van der Waals surface area contributed by atoms with E-state index in [1.807, 2.05) is 30.0 Å². The number of aryl methyl sites for hydroxylation is 1. The Balaban J connectivity index is 2.40. The summed E-state index contributed by atoms with van der Waals surface area (Å²) >= 11 is 3.68. The number of nitrogens with zero attached hydrogens (tertiary/aromatic N) is 3. The highest BCUT2D eigenvalue weighted by Crippen LogP contribution is 2.33.